The summed E-state index contributed by atoms with van der Waals surface area (Å²) in [5, 5.41) is 0. The number of nitrogens with one attached hydrogen (secondary N) is 1. The van der Waals surface area contributed by atoms with E-state index in [2.05, 4.69) is 59.0 Å². The third kappa shape index (κ3) is 8.61. The summed E-state index contributed by atoms with van der Waals surface area (Å²) in [6.45, 7) is 14.3. The molecule has 9 heteroatoms. The molecule has 1 heterocycles. The van der Waals surface area contributed by atoms with Crippen LogP contribution in [0.2, 0.25) is 0 Å². The molecule has 8 nitrogen and oxygen atoms in total. The number of aliphatic imine (C=N–C) groups is 1. The highest BCUT2D eigenvalue weighted by Gasteiger charge is 2.26. The quantitative estimate of drug-likeness (QED) is 0.287. The molecular formula is C36H44N4O4S. The fourth-order valence-corrected chi connectivity index (χ4v) is 7.23. The molecule has 1 N–H and O–H groups in total. The first-order chi connectivity index (χ1) is 21.7. The van der Waals surface area contributed by atoms with Crippen molar-refractivity contribution in [2.75, 3.05) is 37.5 Å². The van der Waals surface area contributed by atoms with Crippen LogP contribution in [-0.4, -0.2) is 62.6 Å². The van der Waals surface area contributed by atoms with E-state index in [-0.39, 0.29) is 16.5 Å². The lowest BCUT2D eigenvalue weighted by atomic mass is 9.79. The van der Waals surface area contributed by atoms with E-state index in [1.165, 1.54) is 43.5 Å². The van der Waals surface area contributed by atoms with E-state index < -0.39 is 10.0 Å². The molecule has 0 bridgehead atoms. The van der Waals surface area contributed by atoms with E-state index in [0.29, 0.717) is 35.8 Å². The van der Waals surface area contributed by atoms with Crippen LogP contribution in [0.4, 0.5) is 5.69 Å². The number of benzene rings is 2. The minimum absolute atomic E-state index is 0.0116. The first-order valence-corrected chi connectivity index (χ1v) is 17.3. The maximum Gasteiger partial charge on any atom is 0.264 e. The van der Waals surface area contributed by atoms with Crippen LogP contribution >= 0.6 is 0 Å². The predicted octanol–water partition coefficient (Wildman–Crippen LogP) is 6.58. The number of anilines is 1. The standard InChI is InChI=1S/C36H44N4O4S/c1-4-37-35-28(3)8-5-11-34(35)45(42,43)38-32-16-14-31(15-17-32)36(41)40-21-7-20-39(22-23-40)25-30-12-18-33(19-13-30)44-26-27(2)24-29-9-6-10-29/h4-5,8,11-19,27,29,38H,1,3,6-7,9-10,20-26H2,2H3/b37-35+. The zero-order valence-electron chi connectivity index (χ0n) is 26.2. The van der Waals surface area contributed by atoms with Gasteiger partial charge in [0.2, 0.25) is 0 Å². The highest BCUT2D eigenvalue weighted by atomic mass is 32.2. The second-order valence-electron chi connectivity index (χ2n) is 12.3. The summed E-state index contributed by atoms with van der Waals surface area (Å²) in [6, 6.07) is 14.9. The SMILES string of the molecule is C=C/N=C1\C(=C)C=CC=C1S(=O)(=O)Nc1ccc(C(=O)N2CCCN(Cc3ccc(OCC(C)CC4CCC4)cc3)CC2)cc1. The van der Waals surface area contributed by atoms with Gasteiger partial charge in [0.25, 0.3) is 15.9 Å². The van der Waals surface area contributed by atoms with Crippen LogP contribution in [0.1, 0.15) is 54.9 Å². The van der Waals surface area contributed by atoms with Gasteiger partial charge in [0, 0.05) is 50.2 Å². The van der Waals surface area contributed by atoms with Crippen LogP contribution in [0.5, 0.6) is 5.75 Å². The summed E-state index contributed by atoms with van der Waals surface area (Å²) >= 11 is 0. The molecule has 0 spiro atoms. The number of allylic oxidation sites excluding steroid dienone is 5. The molecule has 1 saturated carbocycles. The number of hydrogen-bond donors (Lipinski definition) is 1. The summed E-state index contributed by atoms with van der Waals surface area (Å²) in [6.07, 6.45) is 12.4. The zero-order chi connectivity index (χ0) is 31.8. The van der Waals surface area contributed by atoms with Crippen molar-refractivity contribution in [1.29, 1.82) is 0 Å². The summed E-state index contributed by atoms with van der Waals surface area (Å²) < 4.78 is 34.9. The van der Waals surface area contributed by atoms with Gasteiger partial charge < -0.3 is 9.64 Å². The van der Waals surface area contributed by atoms with Crippen LogP contribution < -0.4 is 9.46 Å². The molecule has 1 unspecified atom stereocenters. The Morgan fingerprint density at radius 2 is 1.82 bits per heavy atom. The van der Waals surface area contributed by atoms with E-state index in [1.807, 2.05) is 4.90 Å². The second kappa shape index (κ2) is 14.9. The summed E-state index contributed by atoms with van der Waals surface area (Å²) in [4.78, 5) is 21.7. The number of carbonyl (C=O) groups is 1. The maximum atomic E-state index is 13.3. The molecule has 0 radical (unpaired) electrons. The largest absolute Gasteiger partial charge is 0.493 e. The van der Waals surface area contributed by atoms with Crippen LogP contribution in [0.25, 0.3) is 0 Å². The average Bonchev–Trinajstić information content (AvgIpc) is 3.25. The maximum absolute atomic E-state index is 13.3. The fraction of sp³-hybridized carbons (Fsp3) is 0.389. The summed E-state index contributed by atoms with van der Waals surface area (Å²) in [7, 11) is -3.93. The van der Waals surface area contributed by atoms with E-state index >= 15 is 0 Å². The number of nitrogens with zero attached hydrogens (tertiary/aromatic N) is 3. The zero-order valence-corrected chi connectivity index (χ0v) is 27.0. The Balaban J connectivity index is 1.11. The van der Waals surface area contributed by atoms with Gasteiger partial charge in [0.15, 0.2) is 0 Å². The molecular weight excluding hydrogens is 584 g/mol. The second-order valence-corrected chi connectivity index (χ2v) is 13.9. The minimum Gasteiger partial charge on any atom is -0.493 e. The van der Waals surface area contributed by atoms with Crippen LogP contribution in [0, 0.1) is 11.8 Å². The monoisotopic (exact) mass is 628 g/mol. The minimum atomic E-state index is -3.93. The van der Waals surface area contributed by atoms with E-state index in [0.717, 1.165) is 44.3 Å². The van der Waals surface area contributed by atoms with Gasteiger partial charge in [-0.1, -0.05) is 63.6 Å². The third-order valence-corrected chi connectivity index (χ3v) is 10.1. The number of rotatable bonds is 12. The molecule has 2 fully saturated rings. The third-order valence-electron chi connectivity index (χ3n) is 8.68. The molecule has 238 valence electrons. The molecule has 1 amide bonds. The van der Waals surface area contributed by atoms with Gasteiger partial charge >= 0.3 is 0 Å². The summed E-state index contributed by atoms with van der Waals surface area (Å²) in [5.41, 5.74) is 2.83. The van der Waals surface area contributed by atoms with Crippen LogP contribution in [0.15, 0.2) is 102 Å². The van der Waals surface area contributed by atoms with Gasteiger partial charge in [-0.25, -0.2) is 8.42 Å². The predicted molar refractivity (Wildman–Crippen MR) is 182 cm³/mol. The number of hydrogen-bond acceptors (Lipinski definition) is 6. The van der Waals surface area contributed by atoms with Gasteiger partial charge in [-0.2, -0.15) is 0 Å². The Kier molecular flexibility index (Phi) is 10.7. The van der Waals surface area contributed by atoms with E-state index in [1.54, 1.807) is 36.4 Å². The number of sulfonamides is 1. The van der Waals surface area contributed by atoms with Crippen LogP contribution in [0.3, 0.4) is 0 Å². The fourth-order valence-electron chi connectivity index (χ4n) is 5.98. The highest BCUT2D eigenvalue weighted by Crippen LogP contribution is 2.32. The lowest BCUT2D eigenvalue weighted by molar-refractivity contribution is 0.0761. The first kappa shape index (κ1) is 32.4. The normalized spacial score (nSPS) is 19.4. The number of amides is 1. The molecule has 0 aromatic heterocycles. The molecule has 5 rings (SSSR count). The van der Waals surface area contributed by atoms with Crippen molar-refractivity contribution in [3.8, 4) is 5.75 Å². The lowest BCUT2D eigenvalue weighted by Gasteiger charge is -2.28. The van der Waals surface area contributed by atoms with Gasteiger partial charge in [0.1, 0.15) is 10.7 Å². The Bertz CT molecular complexity index is 1570. The molecule has 2 aromatic rings. The molecule has 45 heavy (non-hydrogen) atoms. The molecule has 2 aromatic carbocycles. The van der Waals surface area contributed by atoms with Crippen molar-refractivity contribution in [1.82, 2.24) is 9.80 Å². The van der Waals surface area contributed by atoms with Gasteiger partial charge in [-0.15, -0.1) is 0 Å². The smallest absolute Gasteiger partial charge is 0.264 e. The van der Waals surface area contributed by atoms with E-state index in [9.17, 15) is 13.2 Å². The lowest BCUT2D eigenvalue weighted by Crippen LogP contribution is -2.35. The van der Waals surface area contributed by atoms with Gasteiger partial charge in [-0.3, -0.25) is 19.4 Å². The van der Waals surface area contributed by atoms with E-state index in [4.69, 9.17) is 4.74 Å². The molecule has 1 atom stereocenters. The Morgan fingerprint density at radius 3 is 2.51 bits per heavy atom. The topological polar surface area (TPSA) is 91.3 Å². The average molecular weight is 629 g/mol. The van der Waals surface area contributed by atoms with Crippen molar-refractivity contribution in [3.05, 3.63) is 108 Å². The highest BCUT2D eigenvalue weighted by molar-refractivity contribution is 7.97. The molecule has 3 aliphatic rings. The van der Waals surface area contributed by atoms with Crippen molar-refractivity contribution in [2.24, 2.45) is 16.8 Å². The first-order valence-electron chi connectivity index (χ1n) is 15.8. The molecule has 1 saturated heterocycles. The molecule has 1 aliphatic heterocycles. The van der Waals surface area contributed by atoms with Crippen molar-refractivity contribution >= 4 is 27.3 Å². The number of carbonyl (C=O) groups excluding carboxylic acids is 1. The molecule has 2 aliphatic carbocycles. The number of ether oxygens (including phenoxy) is 1. The van der Waals surface area contributed by atoms with Gasteiger partial charge in [0.05, 0.1) is 12.3 Å². The summed E-state index contributed by atoms with van der Waals surface area (Å²) in [5.74, 6) is 2.34. The van der Waals surface area contributed by atoms with Gasteiger partial charge in [-0.05, 0) is 78.3 Å². The van der Waals surface area contributed by atoms with Crippen molar-refractivity contribution in [2.45, 2.75) is 45.6 Å². The van der Waals surface area contributed by atoms with Crippen molar-refractivity contribution < 1.29 is 17.9 Å². The Hall–Kier alpha value is -3.95. The Labute approximate surface area is 267 Å². The Morgan fingerprint density at radius 1 is 1.07 bits per heavy atom. The van der Waals surface area contributed by atoms with Crippen LogP contribution in [-0.2, 0) is 16.6 Å². The van der Waals surface area contributed by atoms with Crippen molar-refractivity contribution in [3.63, 3.8) is 0 Å².